The monoisotopic (exact) mass is 386 g/mol. The van der Waals surface area contributed by atoms with E-state index in [1.807, 2.05) is 24.4 Å². The van der Waals surface area contributed by atoms with Crippen LogP contribution in [0.15, 0.2) is 53.9 Å². The highest BCUT2D eigenvalue weighted by molar-refractivity contribution is 7.09. The van der Waals surface area contributed by atoms with Gasteiger partial charge in [0.25, 0.3) is 0 Å². The maximum Gasteiger partial charge on any atom is 0.248 e. The minimum atomic E-state index is -0.834. The lowest BCUT2D eigenvalue weighted by Crippen LogP contribution is -2.09. The number of para-hydroxylation sites is 1. The van der Waals surface area contributed by atoms with Crippen molar-refractivity contribution in [2.45, 2.75) is 13.5 Å². The molecule has 3 aromatic rings. The van der Waals surface area contributed by atoms with Gasteiger partial charge in [-0.1, -0.05) is 18.2 Å². The number of benzene rings is 2. The number of nitrogens with zero attached hydrogens (tertiary/aromatic N) is 1. The summed E-state index contributed by atoms with van der Waals surface area (Å²) in [6.07, 6.45) is 2.83. The lowest BCUT2D eigenvalue weighted by Gasteiger charge is -2.08. The number of carbonyl (C=O) groups is 1. The summed E-state index contributed by atoms with van der Waals surface area (Å²) in [5.41, 5.74) is 1.44. The van der Waals surface area contributed by atoms with Crippen molar-refractivity contribution in [1.29, 1.82) is 0 Å². The van der Waals surface area contributed by atoms with Crippen LogP contribution in [-0.4, -0.2) is 10.9 Å². The van der Waals surface area contributed by atoms with Gasteiger partial charge in [-0.25, -0.2) is 13.8 Å². The number of ether oxygens (including phenoxy) is 1. The Bertz CT molecular complexity index is 986. The van der Waals surface area contributed by atoms with E-state index in [-0.39, 0.29) is 5.69 Å². The van der Waals surface area contributed by atoms with Gasteiger partial charge in [0.2, 0.25) is 5.91 Å². The Hall–Kier alpha value is -3.06. The number of aryl methyl sites for hydroxylation is 1. The molecule has 1 amide bonds. The molecule has 138 valence electrons. The van der Waals surface area contributed by atoms with E-state index in [1.165, 1.54) is 12.1 Å². The molecule has 0 saturated heterocycles. The SMILES string of the molecule is Cc1nc(COc2ccccc2/C=C/C(=O)Nc2ccc(F)cc2F)cs1. The number of rotatable bonds is 6. The van der Waals surface area contributed by atoms with Crippen LogP contribution in [0.4, 0.5) is 14.5 Å². The summed E-state index contributed by atoms with van der Waals surface area (Å²) in [5.74, 6) is -1.48. The molecule has 1 N–H and O–H groups in total. The summed E-state index contributed by atoms with van der Waals surface area (Å²) in [6, 6.07) is 10.2. The van der Waals surface area contributed by atoms with E-state index in [0.717, 1.165) is 16.8 Å². The topological polar surface area (TPSA) is 51.2 Å². The number of nitrogens with one attached hydrogen (secondary N) is 1. The van der Waals surface area contributed by atoms with E-state index in [2.05, 4.69) is 10.3 Å². The Balaban J connectivity index is 1.66. The molecule has 1 aromatic heterocycles. The van der Waals surface area contributed by atoms with Crippen molar-refractivity contribution in [1.82, 2.24) is 4.98 Å². The lowest BCUT2D eigenvalue weighted by molar-refractivity contribution is -0.111. The zero-order valence-electron chi connectivity index (χ0n) is 14.4. The second-order valence-electron chi connectivity index (χ2n) is 5.63. The molecule has 1 heterocycles. The second-order valence-corrected chi connectivity index (χ2v) is 6.69. The average Bonchev–Trinajstić information content (AvgIpc) is 3.06. The summed E-state index contributed by atoms with van der Waals surface area (Å²) in [4.78, 5) is 16.3. The molecule has 0 radical (unpaired) electrons. The van der Waals surface area contributed by atoms with E-state index in [0.29, 0.717) is 24.0 Å². The Labute approximate surface area is 159 Å². The largest absolute Gasteiger partial charge is 0.487 e. The van der Waals surface area contributed by atoms with E-state index >= 15 is 0 Å². The third-order valence-electron chi connectivity index (χ3n) is 3.56. The highest BCUT2D eigenvalue weighted by Gasteiger charge is 2.07. The van der Waals surface area contributed by atoms with Crippen LogP contribution in [0.3, 0.4) is 0 Å². The quantitative estimate of drug-likeness (QED) is 0.609. The predicted octanol–water partition coefficient (Wildman–Crippen LogP) is 4.96. The molecule has 0 aliphatic heterocycles. The third-order valence-corrected chi connectivity index (χ3v) is 4.39. The Morgan fingerprint density at radius 3 is 2.81 bits per heavy atom. The van der Waals surface area contributed by atoms with Crippen LogP contribution in [0.5, 0.6) is 5.75 Å². The zero-order chi connectivity index (χ0) is 19.2. The first kappa shape index (κ1) is 18.7. The molecular formula is C20H16F2N2O2S. The minimum Gasteiger partial charge on any atom is -0.487 e. The van der Waals surface area contributed by atoms with Crippen molar-refractivity contribution in [2.24, 2.45) is 0 Å². The molecule has 0 saturated carbocycles. The van der Waals surface area contributed by atoms with Crippen molar-refractivity contribution >= 4 is 29.0 Å². The van der Waals surface area contributed by atoms with Crippen molar-refractivity contribution < 1.29 is 18.3 Å². The maximum atomic E-state index is 13.6. The van der Waals surface area contributed by atoms with Gasteiger partial charge < -0.3 is 10.1 Å². The van der Waals surface area contributed by atoms with E-state index in [9.17, 15) is 13.6 Å². The van der Waals surface area contributed by atoms with Crippen LogP contribution in [0.25, 0.3) is 6.08 Å². The molecule has 0 aliphatic rings. The Morgan fingerprint density at radius 2 is 2.07 bits per heavy atom. The number of carbonyl (C=O) groups excluding carboxylic acids is 1. The van der Waals surface area contributed by atoms with Gasteiger partial charge in [-0.2, -0.15) is 0 Å². The number of amides is 1. The van der Waals surface area contributed by atoms with Gasteiger partial charge in [0.1, 0.15) is 24.0 Å². The third kappa shape index (κ3) is 5.21. The van der Waals surface area contributed by atoms with Crippen molar-refractivity contribution in [2.75, 3.05) is 5.32 Å². The van der Waals surface area contributed by atoms with E-state index < -0.39 is 17.5 Å². The first-order valence-electron chi connectivity index (χ1n) is 8.08. The predicted molar refractivity (Wildman–Crippen MR) is 102 cm³/mol. The molecule has 0 fully saturated rings. The van der Waals surface area contributed by atoms with Gasteiger partial charge in [0.05, 0.1) is 16.4 Å². The molecule has 0 aliphatic carbocycles. The summed E-state index contributed by atoms with van der Waals surface area (Å²) in [6.45, 7) is 2.25. The van der Waals surface area contributed by atoms with Gasteiger partial charge in [0.15, 0.2) is 0 Å². The molecule has 0 spiro atoms. The fraction of sp³-hybridized carbons (Fsp3) is 0.100. The van der Waals surface area contributed by atoms with Gasteiger partial charge in [0, 0.05) is 23.1 Å². The molecule has 4 nitrogen and oxygen atoms in total. The van der Waals surface area contributed by atoms with E-state index in [1.54, 1.807) is 29.5 Å². The first-order valence-corrected chi connectivity index (χ1v) is 8.96. The number of hydrogen-bond acceptors (Lipinski definition) is 4. The van der Waals surface area contributed by atoms with Crippen molar-refractivity contribution in [3.8, 4) is 5.75 Å². The summed E-state index contributed by atoms with van der Waals surface area (Å²) in [7, 11) is 0. The van der Waals surface area contributed by atoms with Crippen LogP contribution in [0.1, 0.15) is 16.3 Å². The maximum absolute atomic E-state index is 13.6. The molecule has 7 heteroatoms. The normalized spacial score (nSPS) is 10.9. The number of anilines is 1. The molecule has 2 aromatic carbocycles. The highest BCUT2D eigenvalue weighted by Crippen LogP contribution is 2.21. The van der Waals surface area contributed by atoms with Crippen LogP contribution < -0.4 is 10.1 Å². The summed E-state index contributed by atoms with van der Waals surface area (Å²) < 4.78 is 32.3. The smallest absolute Gasteiger partial charge is 0.248 e. The Morgan fingerprint density at radius 1 is 1.26 bits per heavy atom. The number of hydrogen-bond donors (Lipinski definition) is 1. The molecule has 0 unspecified atom stereocenters. The van der Waals surface area contributed by atoms with Crippen LogP contribution in [0.2, 0.25) is 0 Å². The fourth-order valence-electron chi connectivity index (χ4n) is 2.31. The Kier molecular flexibility index (Phi) is 5.93. The van der Waals surface area contributed by atoms with Crippen LogP contribution in [0, 0.1) is 18.6 Å². The molecular weight excluding hydrogens is 370 g/mol. The van der Waals surface area contributed by atoms with Gasteiger partial charge in [-0.3, -0.25) is 4.79 Å². The number of halogens is 2. The molecule has 3 rings (SSSR count). The summed E-state index contributed by atoms with van der Waals surface area (Å²) in [5, 5.41) is 5.26. The molecule has 0 bridgehead atoms. The van der Waals surface area contributed by atoms with E-state index in [4.69, 9.17) is 4.74 Å². The number of aromatic nitrogens is 1. The zero-order valence-corrected chi connectivity index (χ0v) is 15.2. The summed E-state index contributed by atoms with van der Waals surface area (Å²) >= 11 is 1.55. The minimum absolute atomic E-state index is 0.0884. The molecule has 0 atom stereocenters. The first-order chi connectivity index (χ1) is 13.0. The second kappa shape index (κ2) is 8.55. The van der Waals surface area contributed by atoms with Gasteiger partial charge >= 0.3 is 0 Å². The lowest BCUT2D eigenvalue weighted by atomic mass is 10.2. The fourth-order valence-corrected chi connectivity index (χ4v) is 2.90. The average molecular weight is 386 g/mol. The standard InChI is InChI=1S/C20H16F2N2O2S/c1-13-23-16(12-27-13)11-26-19-5-3-2-4-14(19)6-9-20(25)24-18-8-7-15(21)10-17(18)22/h2-10,12H,11H2,1H3,(H,24,25)/b9-6+. The van der Waals surface area contributed by atoms with Crippen LogP contribution in [-0.2, 0) is 11.4 Å². The van der Waals surface area contributed by atoms with Crippen LogP contribution >= 0.6 is 11.3 Å². The van der Waals surface area contributed by atoms with Gasteiger partial charge in [-0.15, -0.1) is 11.3 Å². The molecule has 27 heavy (non-hydrogen) atoms. The van der Waals surface area contributed by atoms with Crippen molar-refractivity contribution in [3.63, 3.8) is 0 Å². The van der Waals surface area contributed by atoms with Crippen molar-refractivity contribution in [3.05, 3.63) is 81.8 Å². The number of thiazole rings is 1. The highest BCUT2D eigenvalue weighted by atomic mass is 32.1. The van der Waals surface area contributed by atoms with Gasteiger partial charge in [-0.05, 0) is 31.2 Å².